The van der Waals surface area contributed by atoms with Crippen molar-refractivity contribution in [2.24, 2.45) is 5.41 Å². The van der Waals surface area contributed by atoms with Gasteiger partial charge >= 0.3 is 0 Å². The number of methoxy groups -OCH3 is 1. The van der Waals surface area contributed by atoms with E-state index in [9.17, 15) is 0 Å². The molecule has 0 aromatic heterocycles. The van der Waals surface area contributed by atoms with Crippen molar-refractivity contribution in [1.29, 1.82) is 0 Å². The van der Waals surface area contributed by atoms with Crippen LogP contribution in [0.1, 0.15) is 30.9 Å². The van der Waals surface area contributed by atoms with E-state index in [-0.39, 0.29) is 11.5 Å². The first kappa shape index (κ1) is 15.6. The Hall–Kier alpha value is -2.30. The van der Waals surface area contributed by atoms with Gasteiger partial charge < -0.3 is 4.74 Å². The van der Waals surface area contributed by atoms with E-state index in [0.29, 0.717) is 0 Å². The van der Waals surface area contributed by atoms with Gasteiger partial charge in [-0.25, -0.2) is 0 Å². The molecule has 0 aliphatic heterocycles. The Labute approximate surface area is 139 Å². The number of allylic oxidation sites excluding steroid dienone is 1. The molecule has 1 nitrogen and oxygen atoms in total. The van der Waals surface area contributed by atoms with Gasteiger partial charge in [-0.15, -0.1) is 0 Å². The van der Waals surface area contributed by atoms with E-state index in [1.54, 1.807) is 7.11 Å². The predicted molar refractivity (Wildman–Crippen MR) is 95.9 cm³/mol. The van der Waals surface area contributed by atoms with Crippen LogP contribution in [-0.4, -0.2) is 13.2 Å². The Kier molecular flexibility index (Phi) is 4.65. The second-order valence-corrected chi connectivity index (χ2v) is 5.98. The first-order valence-electron chi connectivity index (χ1n) is 8.12. The van der Waals surface area contributed by atoms with E-state index in [1.165, 1.54) is 11.1 Å². The van der Waals surface area contributed by atoms with Gasteiger partial charge in [-0.3, -0.25) is 0 Å². The van der Waals surface area contributed by atoms with Crippen molar-refractivity contribution >= 4 is 5.57 Å². The molecule has 2 aromatic rings. The minimum atomic E-state index is -0.0749. The van der Waals surface area contributed by atoms with Crippen LogP contribution in [0.15, 0.2) is 66.7 Å². The number of ether oxygens (including phenoxy) is 1. The number of rotatable bonds is 4. The largest absolute Gasteiger partial charge is 0.368 e. The molecule has 1 aliphatic carbocycles. The molecule has 0 N–H and O–H groups in total. The molecule has 116 valence electrons. The van der Waals surface area contributed by atoms with Gasteiger partial charge in [0.25, 0.3) is 0 Å². The van der Waals surface area contributed by atoms with Crippen LogP contribution in [0.5, 0.6) is 0 Å². The smallest absolute Gasteiger partial charge is 0.127 e. The number of hydrogen-bond acceptors (Lipinski definition) is 1. The summed E-state index contributed by atoms with van der Waals surface area (Å²) in [6.07, 6.45) is 4.40. The molecule has 2 aromatic carbocycles. The fraction of sp³-hybridized carbons (Fsp3) is 0.273. The first-order valence-corrected chi connectivity index (χ1v) is 8.12. The third-order valence-corrected chi connectivity index (χ3v) is 4.56. The lowest BCUT2D eigenvalue weighted by molar-refractivity contribution is 0.109. The van der Waals surface area contributed by atoms with Crippen LogP contribution in [0, 0.1) is 17.3 Å². The molecule has 1 fully saturated rings. The highest BCUT2D eigenvalue weighted by Gasteiger charge is 2.52. The van der Waals surface area contributed by atoms with Crippen LogP contribution >= 0.6 is 0 Å². The van der Waals surface area contributed by atoms with E-state index >= 15 is 0 Å². The summed E-state index contributed by atoms with van der Waals surface area (Å²) in [5.41, 5.74) is 3.70. The predicted octanol–water partition coefficient (Wildman–Crippen LogP) is 4.94. The minimum Gasteiger partial charge on any atom is -0.368 e. The van der Waals surface area contributed by atoms with Crippen molar-refractivity contribution in [3.8, 4) is 11.8 Å². The SMILES string of the molecule is C/C=C(/c1ccccc1)C1(C(C#Cc2ccccc2)OC)CC1. The molecule has 1 aliphatic rings. The van der Waals surface area contributed by atoms with E-state index in [1.807, 2.05) is 30.3 Å². The van der Waals surface area contributed by atoms with E-state index < -0.39 is 0 Å². The summed E-state index contributed by atoms with van der Waals surface area (Å²) in [4.78, 5) is 0. The highest BCUT2D eigenvalue weighted by molar-refractivity contribution is 5.74. The van der Waals surface area contributed by atoms with Crippen LogP contribution in [0.3, 0.4) is 0 Å². The molecule has 0 radical (unpaired) electrons. The molecular formula is C22H22O. The molecule has 0 saturated heterocycles. The van der Waals surface area contributed by atoms with Crippen molar-refractivity contribution in [1.82, 2.24) is 0 Å². The fourth-order valence-corrected chi connectivity index (χ4v) is 3.26. The summed E-state index contributed by atoms with van der Waals surface area (Å²) in [7, 11) is 1.77. The van der Waals surface area contributed by atoms with E-state index in [0.717, 1.165) is 18.4 Å². The van der Waals surface area contributed by atoms with E-state index in [2.05, 4.69) is 55.2 Å². The lowest BCUT2D eigenvalue weighted by atomic mass is 9.84. The maximum absolute atomic E-state index is 5.79. The van der Waals surface area contributed by atoms with Crippen molar-refractivity contribution in [2.75, 3.05) is 7.11 Å². The van der Waals surface area contributed by atoms with Gasteiger partial charge in [0.15, 0.2) is 0 Å². The number of hydrogen-bond donors (Lipinski definition) is 0. The fourth-order valence-electron chi connectivity index (χ4n) is 3.26. The van der Waals surface area contributed by atoms with Crippen LogP contribution in [0.2, 0.25) is 0 Å². The molecule has 1 atom stereocenters. The van der Waals surface area contributed by atoms with Crippen molar-refractivity contribution in [3.63, 3.8) is 0 Å². The average molecular weight is 302 g/mol. The van der Waals surface area contributed by atoms with Gasteiger partial charge in [-0.2, -0.15) is 0 Å². The Bertz CT molecular complexity index is 728. The van der Waals surface area contributed by atoms with Crippen molar-refractivity contribution < 1.29 is 4.74 Å². The Morgan fingerprint density at radius 1 is 1.04 bits per heavy atom. The molecule has 3 rings (SSSR count). The van der Waals surface area contributed by atoms with Crippen molar-refractivity contribution in [2.45, 2.75) is 25.9 Å². The second kappa shape index (κ2) is 6.86. The maximum Gasteiger partial charge on any atom is 0.127 e. The van der Waals surface area contributed by atoms with Crippen LogP contribution in [0.4, 0.5) is 0 Å². The summed E-state index contributed by atoms with van der Waals surface area (Å²) < 4.78 is 5.79. The highest BCUT2D eigenvalue weighted by Crippen LogP contribution is 2.58. The van der Waals surface area contributed by atoms with Gasteiger partial charge in [0.05, 0.1) is 0 Å². The molecule has 0 spiro atoms. The van der Waals surface area contributed by atoms with Crippen LogP contribution < -0.4 is 0 Å². The lowest BCUT2D eigenvalue weighted by Crippen LogP contribution is -2.24. The van der Waals surface area contributed by atoms with Gasteiger partial charge in [0.1, 0.15) is 6.10 Å². The Balaban J connectivity index is 1.90. The van der Waals surface area contributed by atoms with Gasteiger partial charge in [-0.1, -0.05) is 66.4 Å². The zero-order chi connectivity index (χ0) is 16.1. The molecule has 0 heterocycles. The lowest BCUT2D eigenvalue weighted by Gasteiger charge is -2.25. The Morgan fingerprint density at radius 2 is 1.65 bits per heavy atom. The molecule has 1 heteroatoms. The quantitative estimate of drug-likeness (QED) is 0.727. The standard InChI is InChI=1S/C22H22O/c1-3-20(19-12-8-5-9-13-19)22(16-17-22)21(23-2)15-14-18-10-6-4-7-11-18/h3-13,21H,16-17H2,1-2H3/b20-3-. The number of benzene rings is 2. The normalized spacial score (nSPS) is 17.0. The highest BCUT2D eigenvalue weighted by atomic mass is 16.5. The summed E-state index contributed by atoms with van der Waals surface area (Å²) >= 11 is 0. The average Bonchev–Trinajstić information content (AvgIpc) is 3.39. The summed E-state index contributed by atoms with van der Waals surface area (Å²) in [5.74, 6) is 6.63. The van der Waals surface area contributed by atoms with Gasteiger partial charge in [0, 0.05) is 18.1 Å². The first-order chi connectivity index (χ1) is 11.3. The topological polar surface area (TPSA) is 9.23 Å². The molecule has 0 amide bonds. The molecule has 23 heavy (non-hydrogen) atoms. The summed E-state index contributed by atoms with van der Waals surface area (Å²) in [6, 6.07) is 20.7. The molecule has 1 unspecified atom stereocenters. The third-order valence-electron chi connectivity index (χ3n) is 4.56. The van der Waals surface area contributed by atoms with Crippen LogP contribution in [0.25, 0.3) is 5.57 Å². The molecule has 0 bridgehead atoms. The van der Waals surface area contributed by atoms with Gasteiger partial charge in [-0.05, 0) is 43.0 Å². The maximum atomic E-state index is 5.79. The van der Waals surface area contributed by atoms with Crippen molar-refractivity contribution in [3.05, 3.63) is 77.9 Å². The molecular weight excluding hydrogens is 280 g/mol. The Morgan fingerprint density at radius 3 is 2.17 bits per heavy atom. The van der Waals surface area contributed by atoms with Crippen LogP contribution in [-0.2, 0) is 4.74 Å². The zero-order valence-electron chi connectivity index (χ0n) is 13.8. The summed E-state index contributed by atoms with van der Waals surface area (Å²) in [6.45, 7) is 2.11. The monoisotopic (exact) mass is 302 g/mol. The molecule has 1 saturated carbocycles. The van der Waals surface area contributed by atoms with E-state index in [4.69, 9.17) is 4.74 Å². The summed E-state index contributed by atoms with van der Waals surface area (Å²) in [5, 5.41) is 0. The van der Waals surface area contributed by atoms with Gasteiger partial charge in [0.2, 0.25) is 0 Å². The zero-order valence-corrected chi connectivity index (χ0v) is 13.8. The second-order valence-electron chi connectivity index (χ2n) is 5.98. The minimum absolute atomic E-state index is 0.0344. The third kappa shape index (κ3) is 3.23.